The normalized spacial score (nSPS) is 19.0. The van der Waals surface area contributed by atoms with Gasteiger partial charge in [-0.25, -0.2) is 0 Å². The van der Waals surface area contributed by atoms with Gasteiger partial charge >= 0.3 is 0 Å². The third-order valence-electron chi connectivity index (χ3n) is 7.38. The number of likely N-dealkylation sites (tertiary alicyclic amines) is 1. The molecule has 8 nitrogen and oxygen atoms in total. The summed E-state index contributed by atoms with van der Waals surface area (Å²) in [4.78, 5) is 30.7. The number of benzene rings is 3. The largest absolute Gasteiger partial charge is 0.507 e. The molecule has 2 aliphatic heterocycles. The summed E-state index contributed by atoms with van der Waals surface area (Å²) in [7, 11) is 0. The van der Waals surface area contributed by atoms with Gasteiger partial charge in [0.1, 0.15) is 23.9 Å². The molecule has 214 valence electrons. The van der Waals surface area contributed by atoms with Crippen molar-refractivity contribution < 1.29 is 28.9 Å². The van der Waals surface area contributed by atoms with Gasteiger partial charge in [-0.2, -0.15) is 0 Å². The van der Waals surface area contributed by atoms with Crippen molar-refractivity contribution in [2.75, 3.05) is 46.0 Å². The maximum Gasteiger partial charge on any atom is 0.295 e. The van der Waals surface area contributed by atoms with Gasteiger partial charge in [-0.15, -0.1) is 0 Å². The molecule has 5 rings (SSSR count). The van der Waals surface area contributed by atoms with E-state index in [1.54, 1.807) is 29.2 Å². The zero-order chi connectivity index (χ0) is 28.6. The van der Waals surface area contributed by atoms with E-state index in [1.165, 1.54) is 0 Å². The lowest BCUT2D eigenvalue weighted by atomic mass is 9.95. The number of ether oxygens (including phenoxy) is 3. The smallest absolute Gasteiger partial charge is 0.295 e. The molecule has 41 heavy (non-hydrogen) atoms. The Morgan fingerprint density at radius 3 is 2.39 bits per heavy atom. The summed E-state index contributed by atoms with van der Waals surface area (Å²) < 4.78 is 17.0. The molecule has 2 aliphatic rings. The molecule has 1 N–H and O–H groups in total. The second kappa shape index (κ2) is 13.5. The van der Waals surface area contributed by atoms with Crippen molar-refractivity contribution in [3.8, 4) is 11.5 Å². The van der Waals surface area contributed by atoms with Crippen LogP contribution in [0.3, 0.4) is 0 Å². The van der Waals surface area contributed by atoms with Crippen LogP contribution in [-0.4, -0.2) is 72.6 Å². The first-order chi connectivity index (χ1) is 20.0. The van der Waals surface area contributed by atoms with Crippen LogP contribution < -0.4 is 9.47 Å². The number of aliphatic hydroxyl groups is 1. The highest BCUT2D eigenvalue weighted by Crippen LogP contribution is 2.40. The predicted octanol–water partition coefficient (Wildman–Crippen LogP) is 4.81. The molecule has 0 aliphatic carbocycles. The van der Waals surface area contributed by atoms with Crippen LogP contribution >= 0.6 is 0 Å². The molecule has 2 heterocycles. The molecule has 0 bridgehead atoms. The molecule has 1 amide bonds. The quantitative estimate of drug-likeness (QED) is 0.206. The summed E-state index contributed by atoms with van der Waals surface area (Å²) in [5, 5.41) is 11.4. The first-order valence-electron chi connectivity index (χ1n) is 14.1. The predicted molar refractivity (Wildman–Crippen MR) is 156 cm³/mol. The molecule has 2 fully saturated rings. The molecule has 0 spiro atoms. The molecule has 3 aromatic carbocycles. The number of hydrogen-bond acceptors (Lipinski definition) is 7. The summed E-state index contributed by atoms with van der Waals surface area (Å²) in [6.45, 7) is 7.05. The Labute approximate surface area is 240 Å². The lowest BCUT2D eigenvalue weighted by Crippen LogP contribution is -2.38. The van der Waals surface area contributed by atoms with E-state index in [1.807, 2.05) is 61.5 Å². The Hall–Kier alpha value is -4.14. The van der Waals surface area contributed by atoms with Crippen molar-refractivity contribution in [1.82, 2.24) is 9.80 Å². The van der Waals surface area contributed by atoms with E-state index < -0.39 is 17.7 Å². The standard InChI is InChI=1S/C33H36N2O6/c1-2-40-28-11-6-10-26(22-28)31(36)29-30(25-12-14-27(15-13-25)41-23-24-8-4-3-5-9-24)35(33(38)32(29)37)17-7-16-34-18-20-39-21-19-34/h3-6,8-15,22,30,36H,2,7,16-21,23H2,1H3/b31-29+. The van der Waals surface area contributed by atoms with E-state index in [-0.39, 0.29) is 11.3 Å². The second-order valence-electron chi connectivity index (χ2n) is 10.1. The third-order valence-corrected chi connectivity index (χ3v) is 7.38. The number of carbonyl (C=O) groups is 2. The minimum atomic E-state index is -0.724. The fraction of sp³-hybridized carbons (Fsp3) is 0.333. The van der Waals surface area contributed by atoms with Gasteiger partial charge in [0.05, 0.1) is 31.4 Å². The summed E-state index contributed by atoms with van der Waals surface area (Å²) in [6, 6.07) is 23.5. The van der Waals surface area contributed by atoms with E-state index in [0.29, 0.717) is 56.5 Å². The van der Waals surface area contributed by atoms with E-state index in [0.717, 1.165) is 30.8 Å². The monoisotopic (exact) mass is 556 g/mol. The van der Waals surface area contributed by atoms with Gasteiger partial charge in [-0.3, -0.25) is 14.5 Å². The Balaban J connectivity index is 1.43. The first-order valence-corrected chi connectivity index (χ1v) is 14.1. The number of nitrogens with zero attached hydrogens (tertiary/aromatic N) is 2. The van der Waals surface area contributed by atoms with Crippen molar-refractivity contribution >= 4 is 17.4 Å². The topological polar surface area (TPSA) is 88.5 Å². The van der Waals surface area contributed by atoms with E-state index in [4.69, 9.17) is 14.2 Å². The maximum absolute atomic E-state index is 13.4. The van der Waals surface area contributed by atoms with Gasteiger partial charge in [0, 0.05) is 31.7 Å². The minimum absolute atomic E-state index is 0.0768. The maximum atomic E-state index is 13.4. The van der Waals surface area contributed by atoms with Gasteiger partial charge < -0.3 is 24.2 Å². The SMILES string of the molecule is CCOc1cccc(/C(O)=C2\C(=O)C(=O)N(CCCN3CCOCC3)C2c2ccc(OCc3ccccc3)cc2)c1. The molecular formula is C33H36N2O6. The number of ketones is 1. The average Bonchev–Trinajstić information content (AvgIpc) is 3.26. The molecular weight excluding hydrogens is 520 g/mol. The molecule has 2 saturated heterocycles. The lowest BCUT2D eigenvalue weighted by Gasteiger charge is -2.29. The van der Waals surface area contributed by atoms with Gasteiger partial charge in [0.15, 0.2) is 0 Å². The van der Waals surface area contributed by atoms with Crippen LogP contribution in [-0.2, 0) is 20.9 Å². The molecule has 3 aromatic rings. The van der Waals surface area contributed by atoms with Crippen LogP contribution in [0.1, 0.15) is 36.1 Å². The number of carbonyl (C=O) groups excluding carboxylic acids is 2. The third kappa shape index (κ3) is 6.78. The zero-order valence-electron chi connectivity index (χ0n) is 23.3. The van der Waals surface area contributed by atoms with Crippen LogP contribution in [0.25, 0.3) is 5.76 Å². The number of amides is 1. The van der Waals surface area contributed by atoms with Crippen LogP contribution in [0.4, 0.5) is 0 Å². The summed E-state index contributed by atoms with van der Waals surface area (Å²) >= 11 is 0. The summed E-state index contributed by atoms with van der Waals surface area (Å²) in [6.07, 6.45) is 0.696. The minimum Gasteiger partial charge on any atom is -0.507 e. The van der Waals surface area contributed by atoms with Gasteiger partial charge in [-0.05, 0) is 48.7 Å². The highest BCUT2D eigenvalue weighted by Gasteiger charge is 2.45. The van der Waals surface area contributed by atoms with Crippen LogP contribution in [0.2, 0.25) is 0 Å². The molecule has 0 radical (unpaired) electrons. The van der Waals surface area contributed by atoms with Crippen molar-refractivity contribution in [2.45, 2.75) is 26.0 Å². The van der Waals surface area contributed by atoms with Gasteiger partial charge in [0.25, 0.3) is 11.7 Å². The van der Waals surface area contributed by atoms with Crippen molar-refractivity contribution in [1.29, 1.82) is 0 Å². The van der Waals surface area contributed by atoms with Crippen LogP contribution in [0.5, 0.6) is 11.5 Å². The number of Topliss-reactive ketones (excluding diaryl/α,β-unsaturated/α-hetero) is 1. The highest BCUT2D eigenvalue weighted by atomic mass is 16.5. The Kier molecular flexibility index (Phi) is 9.33. The molecule has 0 saturated carbocycles. The molecule has 1 unspecified atom stereocenters. The van der Waals surface area contributed by atoms with Crippen molar-refractivity contribution in [3.05, 3.63) is 101 Å². The number of rotatable bonds is 11. The zero-order valence-corrected chi connectivity index (χ0v) is 23.3. The van der Waals surface area contributed by atoms with Crippen LogP contribution in [0.15, 0.2) is 84.4 Å². The number of hydrogen-bond donors (Lipinski definition) is 1. The first kappa shape index (κ1) is 28.4. The van der Waals surface area contributed by atoms with E-state index >= 15 is 0 Å². The summed E-state index contributed by atoms with van der Waals surface area (Å²) in [5.74, 6) is -0.261. The van der Waals surface area contributed by atoms with Crippen LogP contribution in [0, 0.1) is 0 Å². The van der Waals surface area contributed by atoms with E-state index in [2.05, 4.69) is 4.90 Å². The molecule has 0 aromatic heterocycles. The number of morpholine rings is 1. The fourth-order valence-electron chi connectivity index (χ4n) is 5.29. The van der Waals surface area contributed by atoms with Crippen molar-refractivity contribution in [3.63, 3.8) is 0 Å². The van der Waals surface area contributed by atoms with Crippen molar-refractivity contribution in [2.24, 2.45) is 0 Å². The van der Waals surface area contributed by atoms with Gasteiger partial charge in [-0.1, -0.05) is 54.6 Å². The molecule has 1 atom stereocenters. The highest BCUT2D eigenvalue weighted by molar-refractivity contribution is 6.46. The average molecular weight is 557 g/mol. The van der Waals surface area contributed by atoms with E-state index in [9.17, 15) is 14.7 Å². The second-order valence-corrected chi connectivity index (χ2v) is 10.1. The fourth-order valence-corrected chi connectivity index (χ4v) is 5.29. The lowest BCUT2D eigenvalue weighted by molar-refractivity contribution is -0.140. The Bertz CT molecular complexity index is 1370. The Morgan fingerprint density at radius 2 is 1.66 bits per heavy atom. The molecule has 8 heteroatoms. The Morgan fingerprint density at radius 1 is 0.902 bits per heavy atom. The van der Waals surface area contributed by atoms with Gasteiger partial charge in [0.2, 0.25) is 0 Å². The number of aliphatic hydroxyl groups excluding tert-OH is 1. The summed E-state index contributed by atoms with van der Waals surface area (Å²) in [5.41, 5.74) is 2.28.